The summed E-state index contributed by atoms with van der Waals surface area (Å²) in [5.74, 6) is 0.402. The highest BCUT2D eigenvalue weighted by atomic mass is 79.9. The second-order valence-corrected chi connectivity index (χ2v) is 7.64. The molecule has 0 aliphatic carbocycles. The number of nitrogens with one attached hydrogen (secondary N) is 2. The number of nitrogens with zero attached hydrogens (tertiary/aromatic N) is 1. The van der Waals surface area contributed by atoms with Crippen LogP contribution in [0.25, 0.3) is 0 Å². The number of aldehydes is 1. The highest BCUT2D eigenvalue weighted by molar-refractivity contribution is 9.10. The molecular formula is C23H23BrN4OS. The second-order valence-electron chi connectivity index (χ2n) is 5.85. The van der Waals surface area contributed by atoms with E-state index in [9.17, 15) is 4.79 Å². The van der Waals surface area contributed by atoms with E-state index in [1.165, 1.54) is 17.2 Å². The SMILES string of the molecule is CNc1cccc(SNc2ccc(Br)cc2)c1.NC(=N/C=C/C=O)c1ccccc1. The lowest BCUT2D eigenvalue weighted by atomic mass is 10.2. The number of anilines is 2. The standard InChI is InChI=1S/C13H13BrN2S.C10H10N2O/c1-15-12-3-2-4-13(9-12)17-16-11-7-5-10(14)6-8-11;11-10(12-7-4-8-13)9-5-2-1-3-6-9/h2-9,15-16H,1H3;1-8H,(H2,11,12)/b;7-4+. The van der Waals surface area contributed by atoms with E-state index >= 15 is 0 Å². The normalized spacial score (nSPS) is 10.8. The van der Waals surface area contributed by atoms with E-state index in [1.54, 1.807) is 11.9 Å². The van der Waals surface area contributed by atoms with Gasteiger partial charge in [-0.2, -0.15) is 0 Å². The summed E-state index contributed by atoms with van der Waals surface area (Å²) in [5, 5.41) is 3.13. The van der Waals surface area contributed by atoms with Gasteiger partial charge in [0.05, 0.1) is 0 Å². The number of hydrogen-bond acceptors (Lipinski definition) is 5. The Morgan fingerprint density at radius 3 is 2.40 bits per heavy atom. The monoisotopic (exact) mass is 482 g/mol. The lowest BCUT2D eigenvalue weighted by Gasteiger charge is -2.07. The van der Waals surface area contributed by atoms with Gasteiger partial charge in [-0.05, 0) is 60.5 Å². The number of aliphatic imine (C=N–C) groups is 1. The van der Waals surface area contributed by atoms with E-state index in [0.29, 0.717) is 12.1 Å². The molecule has 0 amide bonds. The summed E-state index contributed by atoms with van der Waals surface area (Å²) in [5.41, 5.74) is 8.67. The molecule has 0 heterocycles. The van der Waals surface area contributed by atoms with Crippen molar-refractivity contribution < 1.29 is 4.79 Å². The molecule has 0 radical (unpaired) electrons. The summed E-state index contributed by atoms with van der Waals surface area (Å²) < 4.78 is 4.40. The van der Waals surface area contributed by atoms with Crippen LogP contribution in [0, 0.1) is 0 Å². The molecule has 0 atom stereocenters. The quantitative estimate of drug-likeness (QED) is 0.132. The smallest absolute Gasteiger partial charge is 0.144 e. The van der Waals surface area contributed by atoms with Crippen molar-refractivity contribution in [3.63, 3.8) is 0 Å². The zero-order valence-corrected chi connectivity index (χ0v) is 18.9. The van der Waals surface area contributed by atoms with Gasteiger partial charge < -0.3 is 15.8 Å². The molecule has 0 saturated carbocycles. The largest absolute Gasteiger partial charge is 0.388 e. The lowest BCUT2D eigenvalue weighted by molar-refractivity contribution is -0.104. The summed E-state index contributed by atoms with van der Waals surface area (Å²) in [6.45, 7) is 0. The summed E-state index contributed by atoms with van der Waals surface area (Å²) in [6.07, 6.45) is 3.31. The van der Waals surface area contributed by atoms with Crippen molar-refractivity contribution in [1.82, 2.24) is 0 Å². The first kappa shape index (κ1) is 23.3. The van der Waals surface area contributed by atoms with Crippen LogP contribution in [0.2, 0.25) is 0 Å². The van der Waals surface area contributed by atoms with Gasteiger partial charge in [0.1, 0.15) is 12.1 Å². The van der Waals surface area contributed by atoms with E-state index in [-0.39, 0.29) is 0 Å². The molecule has 7 heteroatoms. The lowest BCUT2D eigenvalue weighted by Crippen LogP contribution is -2.12. The van der Waals surface area contributed by atoms with E-state index in [2.05, 4.69) is 43.1 Å². The molecule has 0 unspecified atom stereocenters. The first-order valence-corrected chi connectivity index (χ1v) is 10.7. The molecule has 30 heavy (non-hydrogen) atoms. The maximum Gasteiger partial charge on any atom is 0.144 e. The van der Waals surface area contributed by atoms with Crippen molar-refractivity contribution in [2.24, 2.45) is 10.7 Å². The van der Waals surface area contributed by atoms with Crippen molar-refractivity contribution in [2.75, 3.05) is 17.1 Å². The first-order chi connectivity index (χ1) is 14.6. The van der Waals surface area contributed by atoms with Crippen LogP contribution in [0.5, 0.6) is 0 Å². The van der Waals surface area contributed by atoms with Gasteiger partial charge >= 0.3 is 0 Å². The molecule has 154 valence electrons. The van der Waals surface area contributed by atoms with Gasteiger partial charge in [-0.3, -0.25) is 4.79 Å². The predicted molar refractivity (Wildman–Crippen MR) is 132 cm³/mol. The number of nitrogens with two attached hydrogens (primary N) is 1. The molecule has 5 nitrogen and oxygen atoms in total. The Labute approximate surface area is 189 Å². The molecule has 3 rings (SSSR count). The van der Waals surface area contributed by atoms with Crippen molar-refractivity contribution >= 4 is 51.4 Å². The second kappa shape index (κ2) is 13.2. The minimum atomic E-state index is 0.402. The van der Waals surface area contributed by atoms with Crippen molar-refractivity contribution in [3.8, 4) is 0 Å². The van der Waals surface area contributed by atoms with Gasteiger partial charge in [0.15, 0.2) is 0 Å². The third kappa shape index (κ3) is 8.55. The van der Waals surface area contributed by atoms with Crippen LogP contribution in [0.4, 0.5) is 11.4 Å². The number of carbonyl (C=O) groups excluding carboxylic acids is 1. The third-order valence-corrected chi connectivity index (χ3v) is 5.06. The van der Waals surface area contributed by atoms with Crippen LogP contribution < -0.4 is 15.8 Å². The predicted octanol–water partition coefficient (Wildman–Crippen LogP) is 5.71. The van der Waals surface area contributed by atoms with E-state index in [1.807, 2.05) is 73.8 Å². The maximum absolute atomic E-state index is 9.93. The van der Waals surface area contributed by atoms with Crippen LogP contribution in [0.15, 0.2) is 105 Å². The Kier molecular flexibility index (Phi) is 10.3. The highest BCUT2D eigenvalue weighted by Gasteiger charge is 1.97. The summed E-state index contributed by atoms with van der Waals surface area (Å²) >= 11 is 5.02. The summed E-state index contributed by atoms with van der Waals surface area (Å²) in [6, 6.07) is 25.8. The van der Waals surface area contributed by atoms with Crippen LogP contribution >= 0.6 is 27.9 Å². The summed E-state index contributed by atoms with van der Waals surface area (Å²) in [4.78, 5) is 15.0. The average molecular weight is 483 g/mol. The van der Waals surface area contributed by atoms with Crippen LogP contribution in [0.3, 0.4) is 0 Å². The van der Waals surface area contributed by atoms with E-state index in [4.69, 9.17) is 5.73 Å². The number of carbonyl (C=O) groups is 1. The maximum atomic E-state index is 9.93. The molecule has 0 aromatic heterocycles. The van der Waals surface area contributed by atoms with Crippen LogP contribution in [-0.4, -0.2) is 19.2 Å². The molecule has 4 N–H and O–H groups in total. The number of hydrogen-bond donors (Lipinski definition) is 3. The topological polar surface area (TPSA) is 79.5 Å². The third-order valence-electron chi connectivity index (χ3n) is 3.70. The fraction of sp³-hybridized carbons (Fsp3) is 0.0435. The molecule has 3 aromatic rings. The zero-order valence-electron chi connectivity index (χ0n) is 16.5. The van der Waals surface area contributed by atoms with Crippen molar-refractivity contribution in [2.45, 2.75) is 4.90 Å². The number of rotatable bonds is 7. The molecule has 0 fully saturated rings. The Bertz CT molecular complexity index is 976. The highest BCUT2D eigenvalue weighted by Crippen LogP contribution is 2.24. The molecule has 0 aliphatic heterocycles. The average Bonchev–Trinajstić information content (AvgIpc) is 2.80. The van der Waals surface area contributed by atoms with Crippen molar-refractivity contribution in [3.05, 3.63) is 101 Å². The fourth-order valence-electron chi connectivity index (χ4n) is 2.19. The molecule has 0 bridgehead atoms. The minimum Gasteiger partial charge on any atom is -0.388 e. The molecule has 0 spiro atoms. The van der Waals surface area contributed by atoms with Gasteiger partial charge in [-0.25, -0.2) is 4.99 Å². The Hall–Kier alpha value is -3.03. The van der Waals surface area contributed by atoms with Gasteiger partial charge in [0.25, 0.3) is 0 Å². The van der Waals surface area contributed by atoms with Gasteiger partial charge in [-0.1, -0.05) is 52.3 Å². The Morgan fingerprint density at radius 1 is 1.00 bits per heavy atom. The van der Waals surface area contributed by atoms with E-state index in [0.717, 1.165) is 21.4 Å². The molecule has 0 aliphatic rings. The number of halogens is 1. The van der Waals surface area contributed by atoms with E-state index < -0.39 is 0 Å². The zero-order chi connectivity index (χ0) is 21.6. The first-order valence-electron chi connectivity index (χ1n) is 9.07. The van der Waals surface area contributed by atoms with Crippen LogP contribution in [-0.2, 0) is 4.79 Å². The molecular weight excluding hydrogens is 460 g/mol. The Balaban J connectivity index is 0.000000222. The Morgan fingerprint density at radius 2 is 1.73 bits per heavy atom. The summed E-state index contributed by atoms with van der Waals surface area (Å²) in [7, 11) is 1.92. The number of benzene rings is 3. The van der Waals surface area contributed by atoms with Gasteiger partial charge in [-0.15, -0.1) is 0 Å². The van der Waals surface area contributed by atoms with Crippen LogP contribution in [0.1, 0.15) is 5.56 Å². The van der Waals surface area contributed by atoms with Gasteiger partial charge in [0, 0.05) is 39.6 Å². The number of amidine groups is 1. The minimum absolute atomic E-state index is 0.402. The molecule has 3 aromatic carbocycles. The van der Waals surface area contributed by atoms with Crippen molar-refractivity contribution in [1.29, 1.82) is 0 Å². The molecule has 0 saturated heterocycles. The number of allylic oxidation sites excluding steroid dienone is 1. The van der Waals surface area contributed by atoms with Gasteiger partial charge in [0.2, 0.25) is 0 Å². The fourth-order valence-corrected chi connectivity index (χ4v) is 3.16.